The molecule has 2 N–H and O–H groups in total. The van der Waals surface area contributed by atoms with Crippen LogP contribution >= 0.6 is 0 Å². The second kappa shape index (κ2) is 4.56. The van der Waals surface area contributed by atoms with Crippen LogP contribution < -0.4 is 10.5 Å². The number of hydrogen-bond donors (Lipinski definition) is 1. The normalized spacial score (nSPS) is 16.3. The second-order valence-corrected chi connectivity index (χ2v) is 4.26. The van der Waals surface area contributed by atoms with Crippen LogP contribution in [0.3, 0.4) is 0 Å². The minimum Gasteiger partial charge on any atom is -0.481 e. The maximum absolute atomic E-state index is 11.0. The molecule has 0 spiro atoms. The van der Waals surface area contributed by atoms with Gasteiger partial charge in [0.05, 0.1) is 0 Å². The summed E-state index contributed by atoms with van der Waals surface area (Å²) in [4.78, 5) is 11.0. The van der Waals surface area contributed by atoms with Gasteiger partial charge in [0.2, 0.25) is 0 Å². The zero-order chi connectivity index (χ0) is 11.5. The monoisotopic (exact) mass is 219 g/mol. The van der Waals surface area contributed by atoms with E-state index in [-0.39, 0.29) is 0 Å². The largest absolute Gasteiger partial charge is 0.481 e. The van der Waals surface area contributed by atoms with Crippen molar-refractivity contribution in [2.24, 2.45) is 5.73 Å². The summed E-state index contributed by atoms with van der Waals surface area (Å²) in [6, 6.07) is 6.03. The van der Waals surface area contributed by atoms with E-state index < -0.39 is 12.0 Å². The molecule has 1 aromatic rings. The van der Waals surface area contributed by atoms with E-state index in [4.69, 9.17) is 10.5 Å². The standard InChI is InChI=1S/C13H17NO2/c1-9(13(14)15)16-12-8-4-6-10-5-2-3-7-11(10)12/h4,6,8-9H,2-3,5,7H2,1H3,(H2,14,15). The van der Waals surface area contributed by atoms with Crippen molar-refractivity contribution in [2.45, 2.75) is 38.7 Å². The highest BCUT2D eigenvalue weighted by Crippen LogP contribution is 2.29. The number of hydrogen-bond acceptors (Lipinski definition) is 2. The maximum atomic E-state index is 11.0. The molecule has 1 aliphatic rings. The van der Waals surface area contributed by atoms with Gasteiger partial charge in [0.1, 0.15) is 5.75 Å². The Labute approximate surface area is 95.6 Å². The molecule has 0 bridgehead atoms. The minimum absolute atomic E-state index is 0.423. The molecule has 0 fully saturated rings. The van der Waals surface area contributed by atoms with Gasteiger partial charge in [-0.1, -0.05) is 12.1 Å². The van der Waals surface area contributed by atoms with Crippen LogP contribution in [0.4, 0.5) is 0 Å². The van der Waals surface area contributed by atoms with Gasteiger partial charge in [-0.3, -0.25) is 4.79 Å². The van der Waals surface area contributed by atoms with E-state index >= 15 is 0 Å². The van der Waals surface area contributed by atoms with Gasteiger partial charge in [0.25, 0.3) is 5.91 Å². The number of nitrogens with two attached hydrogens (primary N) is 1. The van der Waals surface area contributed by atoms with E-state index in [2.05, 4.69) is 6.07 Å². The van der Waals surface area contributed by atoms with Gasteiger partial charge in [-0.2, -0.15) is 0 Å². The molecule has 86 valence electrons. The van der Waals surface area contributed by atoms with Crippen molar-refractivity contribution in [3.05, 3.63) is 29.3 Å². The van der Waals surface area contributed by atoms with E-state index in [0.717, 1.165) is 18.6 Å². The van der Waals surface area contributed by atoms with Crippen LogP contribution in [0, 0.1) is 0 Å². The Bertz CT molecular complexity index is 401. The molecule has 3 nitrogen and oxygen atoms in total. The van der Waals surface area contributed by atoms with Crippen LogP contribution in [-0.2, 0) is 17.6 Å². The Morgan fingerprint density at radius 2 is 2.12 bits per heavy atom. The molecular weight excluding hydrogens is 202 g/mol. The summed E-state index contributed by atoms with van der Waals surface area (Å²) in [5, 5.41) is 0. The number of ether oxygens (including phenoxy) is 1. The summed E-state index contributed by atoms with van der Waals surface area (Å²) in [5.41, 5.74) is 7.80. The van der Waals surface area contributed by atoms with E-state index in [1.165, 1.54) is 24.0 Å². The van der Waals surface area contributed by atoms with E-state index in [1.807, 2.05) is 12.1 Å². The quantitative estimate of drug-likeness (QED) is 0.843. The molecule has 1 amide bonds. The first-order valence-corrected chi connectivity index (χ1v) is 5.75. The van der Waals surface area contributed by atoms with E-state index in [1.54, 1.807) is 6.92 Å². The van der Waals surface area contributed by atoms with Crippen molar-refractivity contribution in [2.75, 3.05) is 0 Å². The average Bonchev–Trinajstić information content (AvgIpc) is 2.29. The van der Waals surface area contributed by atoms with Crippen molar-refractivity contribution in [1.82, 2.24) is 0 Å². The molecule has 1 aliphatic carbocycles. The minimum atomic E-state index is -0.562. The molecule has 1 aromatic carbocycles. The van der Waals surface area contributed by atoms with Crippen LogP contribution in [0.25, 0.3) is 0 Å². The molecule has 0 aromatic heterocycles. The predicted molar refractivity (Wildman–Crippen MR) is 62.4 cm³/mol. The molecule has 0 heterocycles. The Morgan fingerprint density at radius 1 is 1.38 bits per heavy atom. The van der Waals surface area contributed by atoms with E-state index in [0.29, 0.717) is 0 Å². The van der Waals surface area contributed by atoms with Gasteiger partial charge in [0.15, 0.2) is 6.10 Å². The van der Waals surface area contributed by atoms with Gasteiger partial charge in [0, 0.05) is 0 Å². The summed E-state index contributed by atoms with van der Waals surface area (Å²) in [6.45, 7) is 1.69. The van der Waals surface area contributed by atoms with Gasteiger partial charge in [-0.15, -0.1) is 0 Å². The maximum Gasteiger partial charge on any atom is 0.258 e. The van der Waals surface area contributed by atoms with E-state index in [9.17, 15) is 4.79 Å². The average molecular weight is 219 g/mol. The SMILES string of the molecule is CC(Oc1cccc2c1CCCC2)C(N)=O. The van der Waals surface area contributed by atoms with Crippen molar-refractivity contribution in [1.29, 1.82) is 0 Å². The number of benzene rings is 1. The van der Waals surface area contributed by atoms with Crippen LogP contribution in [0.2, 0.25) is 0 Å². The molecule has 1 unspecified atom stereocenters. The molecule has 1 atom stereocenters. The second-order valence-electron chi connectivity index (χ2n) is 4.26. The molecule has 0 radical (unpaired) electrons. The summed E-state index contributed by atoms with van der Waals surface area (Å²) >= 11 is 0. The molecule has 3 heteroatoms. The number of fused-ring (bicyclic) bond motifs is 1. The first kappa shape index (κ1) is 11.0. The van der Waals surface area contributed by atoms with Gasteiger partial charge >= 0.3 is 0 Å². The van der Waals surface area contributed by atoms with Crippen molar-refractivity contribution < 1.29 is 9.53 Å². The predicted octanol–water partition coefficient (Wildman–Crippen LogP) is 1.82. The van der Waals surface area contributed by atoms with Crippen LogP contribution in [0.15, 0.2) is 18.2 Å². The fraction of sp³-hybridized carbons (Fsp3) is 0.462. The lowest BCUT2D eigenvalue weighted by Gasteiger charge is -2.21. The van der Waals surface area contributed by atoms with Crippen molar-refractivity contribution >= 4 is 5.91 Å². The molecular formula is C13H17NO2. The third-order valence-corrected chi connectivity index (χ3v) is 3.06. The first-order chi connectivity index (χ1) is 7.68. The zero-order valence-corrected chi connectivity index (χ0v) is 9.53. The highest BCUT2D eigenvalue weighted by Gasteiger charge is 2.17. The van der Waals surface area contributed by atoms with Gasteiger partial charge in [-0.25, -0.2) is 0 Å². The summed E-state index contributed by atoms with van der Waals surface area (Å²) in [7, 11) is 0. The third kappa shape index (κ3) is 2.18. The zero-order valence-electron chi connectivity index (χ0n) is 9.53. The Hall–Kier alpha value is -1.51. The molecule has 2 rings (SSSR count). The van der Waals surface area contributed by atoms with Gasteiger partial charge in [-0.05, 0) is 49.8 Å². The third-order valence-electron chi connectivity index (χ3n) is 3.06. The van der Waals surface area contributed by atoms with Crippen molar-refractivity contribution in [3.63, 3.8) is 0 Å². The first-order valence-electron chi connectivity index (χ1n) is 5.75. The Balaban J connectivity index is 2.24. The Kier molecular flexibility index (Phi) is 3.13. The molecule has 0 saturated carbocycles. The van der Waals surface area contributed by atoms with Gasteiger partial charge < -0.3 is 10.5 Å². The van der Waals surface area contributed by atoms with Crippen molar-refractivity contribution in [3.8, 4) is 5.75 Å². The molecule has 16 heavy (non-hydrogen) atoms. The molecule has 0 saturated heterocycles. The summed E-state index contributed by atoms with van der Waals surface area (Å²) in [5.74, 6) is 0.400. The number of rotatable bonds is 3. The van der Waals surface area contributed by atoms with Crippen LogP contribution in [0.1, 0.15) is 30.9 Å². The number of carbonyl (C=O) groups excluding carboxylic acids is 1. The number of amides is 1. The van der Waals surface area contributed by atoms with Crippen LogP contribution in [-0.4, -0.2) is 12.0 Å². The summed E-state index contributed by atoms with van der Waals surface area (Å²) in [6.07, 6.45) is 4.02. The lowest BCUT2D eigenvalue weighted by atomic mass is 9.91. The van der Waals surface area contributed by atoms with Crippen LogP contribution in [0.5, 0.6) is 5.75 Å². The number of primary amides is 1. The number of carbonyl (C=O) groups is 1. The fourth-order valence-electron chi connectivity index (χ4n) is 2.11. The smallest absolute Gasteiger partial charge is 0.258 e. The summed E-state index contributed by atoms with van der Waals surface area (Å²) < 4.78 is 5.60. The highest BCUT2D eigenvalue weighted by molar-refractivity contribution is 5.78. The lowest BCUT2D eigenvalue weighted by Crippen LogP contribution is -2.31. The highest BCUT2D eigenvalue weighted by atomic mass is 16.5. The topological polar surface area (TPSA) is 52.3 Å². The lowest BCUT2D eigenvalue weighted by molar-refractivity contribution is -0.124. The fourth-order valence-corrected chi connectivity index (χ4v) is 2.11. The Morgan fingerprint density at radius 3 is 2.88 bits per heavy atom. The number of aryl methyl sites for hydroxylation is 1. The molecule has 0 aliphatic heterocycles.